The quantitative estimate of drug-likeness (QED) is 0.607. The number of rotatable bonds is 3. The van der Waals surface area contributed by atoms with Crippen LogP contribution in [0.2, 0.25) is 0 Å². The summed E-state index contributed by atoms with van der Waals surface area (Å²) in [5, 5.41) is 0. The van der Waals surface area contributed by atoms with Crippen LogP contribution in [-0.2, 0) is 23.8 Å². The number of benzene rings is 1. The number of cyclic esters (lactones) is 1. The third-order valence-electron chi connectivity index (χ3n) is 5.52. The predicted molar refractivity (Wildman–Crippen MR) is 85.8 cm³/mol. The fourth-order valence-electron chi connectivity index (χ4n) is 4.24. The van der Waals surface area contributed by atoms with Gasteiger partial charge < -0.3 is 4.74 Å². The molecule has 0 amide bonds. The van der Waals surface area contributed by atoms with E-state index in [-0.39, 0.29) is 16.9 Å². The van der Waals surface area contributed by atoms with Crippen molar-refractivity contribution < 1.29 is 22.1 Å². The van der Waals surface area contributed by atoms with Gasteiger partial charge in [0.05, 0.1) is 11.5 Å². The van der Waals surface area contributed by atoms with Crippen molar-refractivity contribution in [1.29, 1.82) is 0 Å². The van der Waals surface area contributed by atoms with Gasteiger partial charge in [0, 0.05) is 19.0 Å². The molecule has 3 atom stereocenters. The molecule has 1 aromatic rings. The number of carbonyl (C=O) groups excluding carboxylic acids is 1. The highest BCUT2D eigenvalue weighted by Crippen LogP contribution is 2.48. The van der Waals surface area contributed by atoms with Crippen LogP contribution in [0.3, 0.4) is 0 Å². The van der Waals surface area contributed by atoms with E-state index in [0.29, 0.717) is 19.6 Å². The topological polar surface area (TPSA) is 72.9 Å². The molecular formula is C17H21NO5S. The van der Waals surface area contributed by atoms with Crippen LogP contribution >= 0.6 is 0 Å². The van der Waals surface area contributed by atoms with Crippen LogP contribution in [0.4, 0.5) is 0 Å². The highest BCUT2D eigenvalue weighted by molar-refractivity contribution is 7.86. The van der Waals surface area contributed by atoms with Crippen molar-refractivity contribution in [2.24, 2.45) is 5.41 Å². The molecule has 0 radical (unpaired) electrons. The maximum atomic E-state index is 12.7. The number of hydrogen-bond acceptors (Lipinski definition) is 6. The van der Waals surface area contributed by atoms with E-state index in [1.807, 2.05) is 6.92 Å². The zero-order valence-electron chi connectivity index (χ0n) is 13.6. The first-order chi connectivity index (χ1) is 11.4. The average Bonchev–Trinajstić information content (AvgIpc) is 3.20. The van der Waals surface area contributed by atoms with Crippen molar-refractivity contribution in [3.8, 4) is 0 Å². The van der Waals surface area contributed by atoms with Crippen molar-refractivity contribution in [3.05, 3.63) is 29.8 Å². The van der Waals surface area contributed by atoms with E-state index in [4.69, 9.17) is 8.92 Å². The molecule has 3 heterocycles. The Labute approximate surface area is 141 Å². The van der Waals surface area contributed by atoms with Gasteiger partial charge in [0.25, 0.3) is 10.1 Å². The lowest BCUT2D eigenvalue weighted by Crippen LogP contribution is -2.44. The van der Waals surface area contributed by atoms with Crippen molar-refractivity contribution in [1.82, 2.24) is 4.90 Å². The maximum Gasteiger partial charge on any atom is 0.316 e. The first kappa shape index (κ1) is 16.1. The molecule has 6 nitrogen and oxygen atoms in total. The number of carbonyl (C=O) groups is 1. The van der Waals surface area contributed by atoms with E-state index in [2.05, 4.69) is 4.90 Å². The van der Waals surface area contributed by atoms with Crippen LogP contribution in [0, 0.1) is 12.3 Å². The maximum absolute atomic E-state index is 12.7. The van der Waals surface area contributed by atoms with E-state index in [1.54, 1.807) is 24.3 Å². The third kappa shape index (κ3) is 2.37. The smallest absolute Gasteiger partial charge is 0.316 e. The molecule has 0 bridgehead atoms. The fraction of sp³-hybridized carbons (Fsp3) is 0.588. The van der Waals surface area contributed by atoms with Crippen LogP contribution in [0.15, 0.2) is 29.2 Å². The SMILES string of the molecule is Cc1ccc(S(=O)(=O)O[C@@H]2[C@@H]3CCCN3C[C@@]23CCOC3=O)cc1. The molecule has 0 saturated carbocycles. The third-order valence-corrected chi connectivity index (χ3v) is 6.83. The normalized spacial score (nSPS) is 33.1. The number of nitrogens with zero attached hydrogens (tertiary/aromatic N) is 1. The van der Waals surface area contributed by atoms with Crippen molar-refractivity contribution in [2.45, 2.75) is 43.2 Å². The Kier molecular flexibility index (Phi) is 3.71. The molecule has 4 rings (SSSR count). The van der Waals surface area contributed by atoms with Gasteiger partial charge in [-0.3, -0.25) is 13.9 Å². The number of aryl methyl sites for hydroxylation is 1. The summed E-state index contributed by atoms with van der Waals surface area (Å²) in [5.41, 5.74) is 0.135. The van der Waals surface area contributed by atoms with Gasteiger partial charge in [0.15, 0.2) is 0 Å². The summed E-state index contributed by atoms with van der Waals surface area (Å²) in [4.78, 5) is 14.7. The van der Waals surface area contributed by atoms with Gasteiger partial charge in [-0.25, -0.2) is 0 Å². The van der Waals surface area contributed by atoms with Crippen LogP contribution < -0.4 is 0 Å². The minimum absolute atomic E-state index is 0.0316. The Morgan fingerprint density at radius 3 is 2.71 bits per heavy atom. The molecule has 3 saturated heterocycles. The van der Waals surface area contributed by atoms with E-state index in [9.17, 15) is 13.2 Å². The minimum atomic E-state index is -3.92. The molecule has 0 unspecified atom stereocenters. The van der Waals surface area contributed by atoms with Gasteiger partial charge in [0.2, 0.25) is 0 Å². The highest BCUT2D eigenvalue weighted by atomic mass is 32.2. The number of fused-ring (bicyclic) bond motifs is 1. The Bertz CT molecular complexity index is 760. The van der Waals surface area contributed by atoms with Gasteiger partial charge in [-0.05, 0) is 38.4 Å². The zero-order chi connectivity index (χ0) is 16.9. The second-order valence-electron chi connectivity index (χ2n) is 7.01. The van der Waals surface area contributed by atoms with Crippen LogP contribution in [-0.4, -0.2) is 51.1 Å². The van der Waals surface area contributed by atoms with Crippen LogP contribution in [0.25, 0.3) is 0 Å². The highest BCUT2D eigenvalue weighted by Gasteiger charge is 2.63. The molecule has 24 heavy (non-hydrogen) atoms. The summed E-state index contributed by atoms with van der Waals surface area (Å²) in [6.07, 6.45) is 1.71. The van der Waals surface area contributed by atoms with Crippen molar-refractivity contribution in [2.75, 3.05) is 19.7 Å². The summed E-state index contributed by atoms with van der Waals surface area (Å²) in [5.74, 6) is -0.319. The minimum Gasteiger partial charge on any atom is -0.465 e. The molecule has 3 aliphatic rings. The number of esters is 1. The van der Waals surface area contributed by atoms with E-state index in [1.165, 1.54) is 0 Å². The van der Waals surface area contributed by atoms with Crippen molar-refractivity contribution >= 4 is 16.1 Å². The van der Waals surface area contributed by atoms with Gasteiger partial charge >= 0.3 is 5.97 Å². The molecule has 3 aliphatic heterocycles. The lowest BCUT2D eigenvalue weighted by Gasteiger charge is -2.28. The molecule has 0 N–H and O–H groups in total. The number of hydrogen-bond donors (Lipinski definition) is 0. The second-order valence-corrected chi connectivity index (χ2v) is 8.58. The largest absolute Gasteiger partial charge is 0.465 e. The summed E-state index contributed by atoms with van der Waals surface area (Å²) in [7, 11) is -3.92. The van der Waals surface area contributed by atoms with E-state index < -0.39 is 21.6 Å². The molecule has 130 valence electrons. The number of ether oxygens (including phenoxy) is 1. The molecule has 0 aliphatic carbocycles. The summed E-state index contributed by atoms with van der Waals surface area (Å²) in [6, 6.07) is 6.55. The lowest BCUT2D eigenvalue weighted by molar-refractivity contribution is -0.148. The Hall–Kier alpha value is -1.44. The molecule has 7 heteroatoms. The molecule has 3 fully saturated rings. The van der Waals surface area contributed by atoms with Crippen LogP contribution in [0.1, 0.15) is 24.8 Å². The van der Waals surface area contributed by atoms with Gasteiger partial charge in [-0.1, -0.05) is 17.7 Å². The molecule has 1 aromatic carbocycles. The van der Waals surface area contributed by atoms with Crippen LogP contribution in [0.5, 0.6) is 0 Å². The fourth-order valence-corrected chi connectivity index (χ4v) is 5.40. The Balaban J connectivity index is 1.68. The molecule has 0 aromatic heterocycles. The molecule has 1 spiro atoms. The Morgan fingerprint density at radius 1 is 1.29 bits per heavy atom. The Morgan fingerprint density at radius 2 is 2.04 bits per heavy atom. The second kappa shape index (κ2) is 5.54. The standard InChI is InChI=1S/C17H21NO5S/c1-12-4-6-13(7-5-12)24(20,21)23-15-14-3-2-9-18(14)11-17(15)8-10-22-16(17)19/h4-7,14-15H,2-3,8-11H2,1H3/t14-,15+,17-/m0/s1. The average molecular weight is 351 g/mol. The predicted octanol–water partition coefficient (Wildman–Crippen LogP) is 1.48. The monoisotopic (exact) mass is 351 g/mol. The first-order valence-corrected chi connectivity index (χ1v) is 9.74. The summed E-state index contributed by atoms with van der Waals surface area (Å²) >= 11 is 0. The van der Waals surface area contributed by atoms with Gasteiger partial charge in [0.1, 0.15) is 11.5 Å². The summed E-state index contributed by atoms with van der Waals surface area (Å²) < 4.78 is 36.3. The summed E-state index contributed by atoms with van der Waals surface area (Å²) in [6.45, 7) is 3.65. The van der Waals surface area contributed by atoms with Gasteiger partial charge in [-0.15, -0.1) is 0 Å². The van der Waals surface area contributed by atoms with Gasteiger partial charge in [-0.2, -0.15) is 8.42 Å². The zero-order valence-corrected chi connectivity index (χ0v) is 14.4. The van der Waals surface area contributed by atoms with E-state index >= 15 is 0 Å². The lowest BCUT2D eigenvalue weighted by atomic mass is 9.80. The van der Waals surface area contributed by atoms with E-state index in [0.717, 1.165) is 24.9 Å². The van der Waals surface area contributed by atoms with Crippen molar-refractivity contribution in [3.63, 3.8) is 0 Å². The molecular weight excluding hydrogens is 330 g/mol. The first-order valence-electron chi connectivity index (χ1n) is 8.34.